The van der Waals surface area contributed by atoms with E-state index in [2.05, 4.69) is 27.4 Å². The molecule has 3 aliphatic heterocycles. The highest BCUT2D eigenvalue weighted by molar-refractivity contribution is 6.06. The van der Waals surface area contributed by atoms with E-state index in [-0.39, 0.29) is 25.0 Å². The molecule has 0 aliphatic carbocycles. The Kier molecular flexibility index (Phi) is 4.85. The fourth-order valence-electron chi connectivity index (χ4n) is 3.36. The Bertz CT molecular complexity index is 773. The van der Waals surface area contributed by atoms with Gasteiger partial charge in [-0.3, -0.25) is 14.9 Å². The third-order valence-electron chi connectivity index (χ3n) is 4.97. The van der Waals surface area contributed by atoms with Crippen LogP contribution >= 0.6 is 0 Å². The smallest absolute Gasteiger partial charge is 0.249 e. The number of nitrogens with one attached hydrogen (secondary N) is 2. The fraction of sp³-hybridized carbons (Fsp3) is 0.500. The van der Waals surface area contributed by atoms with Crippen LogP contribution in [0.1, 0.15) is 13.3 Å². The van der Waals surface area contributed by atoms with Gasteiger partial charge in [-0.05, 0) is 18.7 Å². The molecular weight excluding hydrogens is 350 g/mol. The van der Waals surface area contributed by atoms with Gasteiger partial charge in [-0.25, -0.2) is 4.99 Å². The third-order valence-corrected chi connectivity index (χ3v) is 4.97. The first-order valence-corrected chi connectivity index (χ1v) is 9.18. The standard InChI is InChI=1S/C18H23N5O4/c1-2-22-5-7-23(8-6-22)18-20-13(10-16(24)21-18)17(25)19-12-3-4-14-15(9-12)27-11-26-14/h3-4,9,13H,2,5-8,10-11H2,1H3,(H,19,25)(H,20,21,24)/t13-/m1/s1. The van der Waals surface area contributed by atoms with Gasteiger partial charge in [-0.2, -0.15) is 0 Å². The van der Waals surface area contributed by atoms with E-state index in [9.17, 15) is 9.59 Å². The molecule has 3 heterocycles. The number of piperazine rings is 1. The average molecular weight is 373 g/mol. The maximum absolute atomic E-state index is 12.6. The Labute approximate surface area is 157 Å². The first kappa shape index (κ1) is 17.6. The SMILES string of the molecule is CCN1CCN(C2=N[C@@H](C(=O)Nc3ccc4c(c3)OCO4)CC(=O)N2)CC1. The van der Waals surface area contributed by atoms with Gasteiger partial charge >= 0.3 is 0 Å². The number of hydrogen-bond donors (Lipinski definition) is 2. The quantitative estimate of drug-likeness (QED) is 0.788. The molecule has 9 nitrogen and oxygen atoms in total. The predicted octanol–water partition coefficient (Wildman–Crippen LogP) is 0.236. The molecule has 27 heavy (non-hydrogen) atoms. The van der Waals surface area contributed by atoms with Gasteiger partial charge in [0.15, 0.2) is 11.5 Å². The maximum Gasteiger partial charge on any atom is 0.249 e. The second kappa shape index (κ2) is 7.43. The van der Waals surface area contributed by atoms with Gasteiger partial charge in [0.1, 0.15) is 6.04 Å². The second-order valence-corrected chi connectivity index (χ2v) is 6.70. The van der Waals surface area contributed by atoms with Gasteiger partial charge in [0.2, 0.25) is 24.6 Å². The lowest BCUT2D eigenvalue weighted by atomic mass is 10.1. The van der Waals surface area contributed by atoms with Crippen molar-refractivity contribution in [1.82, 2.24) is 15.1 Å². The summed E-state index contributed by atoms with van der Waals surface area (Å²) in [6.07, 6.45) is 0.0365. The number of hydrogen-bond acceptors (Lipinski definition) is 7. The number of anilines is 1. The molecule has 0 radical (unpaired) electrons. The number of likely N-dealkylation sites (N-methyl/N-ethyl adjacent to an activating group) is 1. The number of benzene rings is 1. The van der Waals surface area contributed by atoms with Crippen LogP contribution in [-0.2, 0) is 9.59 Å². The second-order valence-electron chi connectivity index (χ2n) is 6.70. The van der Waals surface area contributed by atoms with Gasteiger partial charge in [0, 0.05) is 37.9 Å². The van der Waals surface area contributed by atoms with E-state index in [0.717, 1.165) is 32.7 Å². The largest absolute Gasteiger partial charge is 0.454 e. The maximum atomic E-state index is 12.6. The summed E-state index contributed by atoms with van der Waals surface area (Å²) in [7, 11) is 0. The highest BCUT2D eigenvalue weighted by Crippen LogP contribution is 2.34. The Morgan fingerprint density at radius 2 is 2.04 bits per heavy atom. The summed E-state index contributed by atoms with van der Waals surface area (Å²) in [5, 5.41) is 5.62. The van der Waals surface area contributed by atoms with Crippen molar-refractivity contribution in [3.63, 3.8) is 0 Å². The lowest BCUT2D eigenvalue weighted by Crippen LogP contribution is -2.56. The summed E-state index contributed by atoms with van der Waals surface area (Å²) in [5.74, 6) is 1.23. The Balaban J connectivity index is 1.44. The molecule has 1 aromatic carbocycles. The summed E-state index contributed by atoms with van der Waals surface area (Å²) in [6.45, 7) is 6.71. The molecule has 144 valence electrons. The Hall–Kier alpha value is -2.81. The first-order chi connectivity index (χ1) is 13.1. The van der Waals surface area contributed by atoms with Crippen LogP contribution in [0.3, 0.4) is 0 Å². The number of aliphatic imine (C=N–C) groups is 1. The Morgan fingerprint density at radius 1 is 1.26 bits per heavy atom. The summed E-state index contributed by atoms with van der Waals surface area (Å²) < 4.78 is 10.6. The molecule has 0 unspecified atom stereocenters. The fourth-order valence-corrected chi connectivity index (χ4v) is 3.36. The van der Waals surface area contributed by atoms with Crippen molar-refractivity contribution in [3.05, 3.63) is 18.2 Å². The van der Waals surface area contributed by atoms with Gasteiger partial charge in [-0.1, -0.05) is 6.92 Å². The number of carbonyl (C=O) groups is 2. The molecule has 1 fully saturated rings. The van der Waals surface area contributed by atoms with Gasteiger partial charge < -0.3 is 24.6 Å². The van der Waals surface area contributed by atoms with E-state index < -0.39 is 6.04 Å². The summed E-state index contributed by atoms with van der Waals surface area (Å²) in [4.78, 5) is 33.6. The van der Waals surface area contributed by atoms with Crippen molar-refractivity contribution in [1.29, 1.82) is 0 Å². The van der Waals surface area contributed by atoms with Crippen LogP contribution in [0.4, 0.5) is 5.69 Å². The minimum atomic E-state index is -0.747. The molecule has 0 aromatic heterocycles. The number of amides is 2. The number of ether oxygens (including phenoxy) is 2. The van der Waals surface area contributed by atoms with Crippen LogP contribution in [0.2, 0.25) is 0 Å². The van der Waals surface area contributed by atoms with Crippen LogP contribution < -0.4 is 20.1 Å². The van der Waals surface area contributed by atoms with E-state index in [4.69, 9.17) is 9.47 Å². The minimum Gasteiger partial charge on any atom is -0.454 e. The molecule has 1 saturated heterocycles. The minimum absolute atomic E-state index is 0.0365. The van der Waals surface area contributed by atoms with Crippen LogP contribution in [0, 0.1) is 0 Å². The van der Waals surface area contributed by atoms with Crippen molar-refractivity contribution in [2.24, 2.45) is 4.99 Å². The molecule has 4 rings (SSSR count). The molecule has 2 N–H and O–H groups in total. The van der Waals surface area contributed by atoms with Crippen molar-refractivity contribution in [2.75, 3.05) is 44.8 Å². The van der Waals surface area contributed by atoms with Crippen molar-refractivity contribution < 1.29 is 19.1 Å². The van der Waals surface area contributed by atoms with E-state index in [0.29, 0.717) is 23.1 Å². The number of rotatable bonds is 3. The monoisotopic (exact) mass is 373 g/mol. The molecule has 0 saturated carbocycles. The normalized spacial score (nSPS) is 22.3. The predicted molar refractivity (Wildman–Crippen MR) is 98.9 cm³/mol. The number of fused-ring (bicyclic) bond motifs is 1. The molecule has 0 spiro atoms. The van der Waals surface area contributed by atoms with E-state index >= 15 is 0 Å². The number of carbonyl (C=O) groups excluding carboxylic acids is 2. The topological polar surface area (TPSA) is 95.5 Å². The molecule has 2 amide bonds. The first-order valence-electron chi connectivity index (χ1n) is 9.18. The zero-order valence-corrected chi connectivity index (χ0v) is 15.2. The molecule has 3 aliphatic rings. The molecule has 9 heteroatoms. The van der Waals surface area contributed by atoms with E-state index in [1.807, 2.05) is 4.90 Å². The van der Waals surface area contributed by atoms with Crippen LogP contribution in [0.25, 0.3) is 0 Å². The number of nitrogens with zero attached hydrogens (tertiary/aromatic N) is 3. The lowest BCUT2D eigenvalue weighted by molar-refractivity contribution is -0.125. The van der Waals surface area contributed by atoms with Crippen molar-refractivity contribution >= 4 is 23.5 Å². The molecule has 1 atom stereocenters. The molecular formula is C18H23N5O4. The van der Waals surface area contributed by atoms with E-state index in [1.165, 1.54) is 0 Å². The van der Waals surface area contributed by atoms with Crippen molar-refractivity contribution in [3.8, 4) is 11.5 Å². The third kappa shape index (κ3) is 3.82. The average Bonchev–Trinajstić information content (AvgIpc) is 3.15. The molecule has 0 bridgehead atoms. The highest BCUT2D eigenvalue weighted by atomic mass is 16.7. The molecule has 1 aromatic rings. The summed E-state index contributed by atoms with van der Waals surface area (Å²) >= 11 is 0. The van der Waals surface area contributed by atoms with Crippen LogP contribution in [0.5, 0.6) is 11.5 Å². The Morgan fingerprint density at radius 3 is 2.81 bits per heavy atom. The number of guanidine groups is 1. The van der Waals surface area contributed by atoms with Gasteiger partial charge in [0.25, 0.3) is 0 Å². The van der Waals surface area contributed by atoms with Gasteiger partial charge in [0.05, 0.1) is 6.42 Å². The lowest BCUT2D eigenvalue weighted by Gasteiger charge is -2.37. The zero-order valence-electron chi connectivity index (χ0n) is 15.2. The highest BCUT2D eigenvalue weighted by Gasteiger charge is 2.30. The van der Waals surface area contributed by atoms with Crippen LogP contribution in [-0.4, -0.2) is 73.1 Å². The van der Waals surface area contributed by atoms with Crippen molar-refractivity contribution in [2.45, 2.75) is 19.4 Å². The summed E-state index contributed by atoms with van der Waals surface area (Å²) in [6, 6.07) is 4.44. The summed E-state index contributed by atoms with van der Waals surface area (Å²) in [5.41, 5.74) is 0.587. The van der Waals surface area contributed by atoms with Gasteiger partial charge in [-0.15, -0.1) is 0 Å². The van der Waals surface area contributed by atoms with Crippen LogP contribution in [0.15, 0.2) is 23.2 Å². The zero-order chi connectivity index (χ0) is 18.8. The van der Waals surface area contributed by atoms with E-state index in [1.54, 1.807) is 18.2 Å².